The van der Waals surface area contributed by atoms with Crippen LogP contribution in [0.3, 0.4) is 0 Å². The molecule has 0 saturated heterocycles. The minimum atomic E-state index is -0.850. The number of carbonyl (C=O) groups is 1. The molecule has 13 heavy (non-hydrogen) atoms. The lowest BCUT2D eigenvalue weighted by Gasteiger charge is -1.89. The summed E-state index contributed by atoms with van der Waals surface area (Å²) in [5, 5.41) is 9.82. The van der Waals surface area contributed by atoms with E-state index in [2.05, 4.69) is 22.6 Å². The van der Waals surface area contributed by atoms with Gasteiger partial charge in [0, 0.05) is 13.7 Å². The average Bonchev–Trinajstić information content (AvgIpc) is 2.49. The van der Waals surface area contributed by atoms with Crippen LogP contribution in [-0.2, 0) is 0 Å². The van der Waals surface area contributed by atoms with Gasteiger partial charge >= 0.3 is 5.97 Å². The molecule has 1 aromatic heterocycles. The highest BCUT2D eigenvalue weighted by atomic mass is 127. The highest BCUT2D eigenvalue weighted by molar-refractivity contribution is 14.1. The summed E-state index contributed by atoms with van der Waals surface area (Å²) >= 11 is 3.52. The number of fused-ring (bicyclic) bond motifs is 1. The minimum Gasteiger partial charge on any atom is -0.477 e. The van der Waals surface area contributed by atoms with Crippen molar-refractivity contribution >= 4 is 50.0 Å². The number of aromatic carboxylic acids is 1. The lowest BCUT2D eigenvalue weighted by atomic mass is 10.2. The van der Waals surface area contributed by atoms with Gasteiger partial charge in [-0.2, -0.15) is 0 Å². The third kappa shape index (κ3) is 1.55. The second-order valence-electron chi connectivity index (χ2n) is 2.57. The van der Waals surface area contributed by atoms with Crippen LogP contribution in [-0.4, -0.2) is 11.1 Å². The number of hydrogen-bond donors (Lipinski definition) is 1. The highest BCUT2D eigenvalue weighted by Crippen LogP contribution is 2.28. The fourth-order valence-corrected chi connectivity index (χ4v) is 2.89. The Morgan fingerprint density at radius 1 is 1.46 bits per heavy atom. The van der Waals surface area contributed by atoms with Crippen LogP contribution in [0.1, 0.15) is 9.67 Å². The Bertz CT molecular complexity index is 475. The van der Waals surface area contributed by atoms with E-state index in [1.165, 1.54) is 11.3 Å². The molecule has 66 valence electrons. The molecule has 0 aliphatic heterocycles. The first-order chi connectivity index (χ1) is 6.18. The Balaban J connectivity index is 2.75. The van der Waals surface area contributed by atoms with Crippen LogP contribution in [0, 0.1) is 3.57 Å². The summed E-state index contributed by atoms with van der Waals surface area (Å²) in [4.78, 5) is 11.1. The number of thiophene rings is 1. The maximum Gasteiger partial charge on any atom is 0.345 e. The topological polar surface area (TPSA) is 37.3 Å². The smallest absolute Gasteiger partial charge is 0.345 e. The summed E-state index contributed by atoms with van der Waals surface area (Å²) in [6, 6.07) is 7.58. The van der Waals surface area contributed by atoms with Crippen molar-refractivity contribution in [3.8, 4) is 0 Å². The molecule has 1 N–H and O–H groups in total. The molecular formula is C9H5IO2S. The molecule has 0 aliphatic rings. The van der Waals surface area contributed by atoms with Crippen molar-refractivity contribution in [2.75, 3.05) is 0 Å². The average molecular weight is 304 g/mol. The monoisotopic (exact) mass is 304 g/mol. The summed E-state index contributed by atoms with van der Waals surface area (Å²) in [7, 11) is 0. The molecule has 1 aromatic carbocycles. The zero-order valence-corrected chi connectivity index (χ0v) is 9.43. The number of carboxylic acids is 1. The van der Waals surface area contributed by atoms with Gasteiger partial charge in [-0.1, -0.05) is 6.07 Å². The zero-order chi connectivity index (χ0) is 9.42. The van der Waals surface area contributed by atoms with Gasteiger partial charge in [-0.25, -0.2) is 4.79 Å². The molecular weight excluding hydrogens is 299 g/mol. The maximum absolute atomic E-state index is 10.7. The summed E-state index contributed by atoms with van der Waals surface area (Å²) in [6.07, 6.45) is 0. The fraction of sp³-hybridized carbons (Fsp3) is 0. The zero-order valence-electron chi connectivity index (χ0n) is 6.45. The van der Waals surface area contributed by atoms with Crippen LogP contribution >= 0.6 is 33.9 Å². The molecule has 4 heteroatoms. The van der Waals surface area contributed by atoms with Crippen molar-refractivity contribution in [3.05, 3.63) is 32.7 Å². The number of hydrogen-bond acceptors (Lipinski definition) is 2. The van der Waals surface area contributed by atoms with Crippen LogP contribution < -0.4 is 0 Å². The van der Waals surface area contributed by atoms with E-state index in [4.69, 9.17) is 5.11 Å². The summed E-state index contributed by atoms with van der Waals surface area (Å²) in [6.45, 7) is 0. The van der Waals surface area contributed by atoms with E-state index < -0.39 is 5.97 Å². The lowest BCUT2D eigenvalue weighted by Crippen LogP contribution is -1.89. The molecule has 0 fully saturated rings. The van der Waals surface area contributed by atoms with Gasteiger partial charge in [-0.05, 0) is 40.8 Å². The van der Waals surface area contributed by atoms with Crippen molar-refractivity contribution in [2.24, 2.45) is 0 Å². The highest BCUT2D eigenvalue weighted by Gasteiger charge is 2.09. The first-order valence-corrected chi connectivity index (χ1v) is 5.49. The number of rotatable bonds is 1. The normalized spacial score (nSPS) is 10.5. The van der Waals surface area contributed by atoms with E-state index >= 15 is 0 Å². The van der Waals surface area contributed by atoms with Gasteiger partial charge in [-0.15, -0.1) is 11.3 Å². The molecule has 0 aliphatic carbocycles. The Kier molecular flexibility index (Phi) is 2.25. The standard InChI is InChI=1S/C9H5IO2S/c10-6-2-1-3-7-5(6)4-8(13-7)9(11)12/h1-4H,(H,11,12). The molecule has 0 spiro atoms. The van der Waals surface area contributed by atoms with Gasteiger partial charge in [-0.3, -0.25) is 0 Å². The molecule has 0 amide bonds. The number of halogens is 1. The van der Waals surface area contributed by atoms with Crippen molar-refractivity contribution in [1.29, 1.82) is 0 Å². The molecule has 0 atom stereocenters. The van der Waals surface area contributed by atoms with E-state index in [1.54, 1.807) is 6.07 Å². The predicted molar refractivity (Wildman–Crippen MR) is 61.5 cm³/mol. The first-order valence-electron chi connectivity index (χ1n) is 3.60. The molecule has 2 aromatic rings. The lowest BCUT2D eigenvalue weighted by molar-refractivity contribution is 0.0702. The van der Waals surface area contributed by atoms with Crippen LogP contribution in [0.5, 0.6) is 0 Å². The van der Waals surface area contributed by atoms with Gasteiger partial charge in [0.2, 0.25) is 0 Å². The van der Waals surface area contributed by atoms with E-state index in [0.717, 1.165) is 13.7 Å². The minimum absolute atomic E-state index is 0.402. The number of carboxylic acid groups (broad SMARTS) is 1. The largest absolute Gasteiger partial charge is 0.477 e. The second-order valence-corrected chi connectivity index (χ2v) is 4.81. The Morgan fingerprint density at radius 3 is 2.85 bits per heavy atom. The predicted octanol–water partition coefficient (Wildman–Crippen LogP) is 3.20. The molecule has 0 unspecified atom stereocenters. The molecule has 0 bridgehead atoms. The van der Waals surface area contributed by atoms with Crippen LogP contribution in [0.4, 0.5) is 0 Å². The second kappa shape index (κ2) is 3.26. The van der Waals surface area contributed by atoms with Gasteiger partial charge in [0.05, 0.1) is 0 Å². The molecule has 1 heterocycles. The fourth-order valence-electron chi connectivity index (χ4n) is 1.13. The van der Waals surface area contributed by atoms with Crippen molar-refractivity contribution in [3.63, 3.8) is 0 Å². The van der Waals surface area contributed by atoms with Crippen LogP contribution in [0.25, 0.3) is 10.1 Å². The van der Waals surface area contributed by atoms with Gasteiger partial charge < -0.3 is 5.11 Å². The van der Waals surface area contributed by atoms with Crippen LogP contribution in [0.2, 0.25) is 0 Å². The van der Waals surface area contributed by atoms with Crippen molar-refractivity contribution < 1.29 is 9.90 Å². The first kappa shape index (κ1) is 8.96. The summed E-state index contributed by atoms with van der Waals surface area (Å²) in [5.74, 6) is -0.850. The SMILES string of the molecule is O=C(O)c1cc2c(I)cccc2s1. The molecule has 0 saturated carbocycles. The Morgan fingerprint density at radius 2 is 2.23 bits per heavy atom. The Hall–Kier alpha value is -0.620. The summed E-state index contributed by atoms with van der Waals surface area (Å²) < 4.78 is 2.13. The number of benzene rings is 1. The van der Waals surface area contributed by atoms with Gasteiger partial charge in [0.25, 0.3) is 0 Å². The quantitative estimate of drug-likeness (QED) is 0.822. The molecule has 2 rings (SSSR count). The third-order valence-corrected chi connectivity index (χ3v) is 3.75. The Labute approximate surface area is 92.3 Å². The van der Waals surface area contributed by atoms with Gasteiger partial charge in [0.1, 0.15) is 4.88 Å². The van der Waals surface area contributed by atoms with Crippen molar-refractivity contribution in [2.45, 2.75) is 0 Å². The van der Waals surface area contributed by atoms with Crippen LogP contribution in [0.15, 0.2) is 24.3 Å². The maximum atomic E-state index is 10.7. The molecule has 0 radical (unpaired) electrons. The van der Waals surface area contributed by atoms with E-state index in [1.807, 2.05) is 18.2 Å². The molecule has 2 nitrogen and oxygen atoms in total. The van der Waals surface area contributed by atoms with Crippen molar-refractivity contribution in [1.82, 2.24) is 0 Å². The third-order valence-electron chi connectivity index (χ3n) is 1.72. The van der Waals surface area contributed by atoms with E-state index in [0.29, 0.717) is 4.88 Å². The summed E-state index contributed by atoms with van der Waals surface area (Å²) in [5.41, 5.74) is 0. The van der Waals surface area contributed by atoms with E-state index in [-0.39, 0.29) is 0 Å². The van der Waals surface area contributed by atoms with E-state index in [9.17, 15) is 4.79 Å². The van der Waals surface area contributed by atoms with Gasteiger partial charge in [0.15, 0.2) is 0 Å².